The van der Waals surface area contributed by atoms with Gasteiger partial charge in [-0.3, -0.25) is 4.79 Å². The maximum atomic E-state index is 12.7. The fraction of sp³-hybridized carbons (Fsp3) is 0.588. The van der Waals surface area contributed by atoms with E-state index in [9.17, 15) is 4.79 Å². The lowest BCUT2D eigenvalue weighted by molar-refractivity contribution is -0.135. The second-order valence-corrected chi connectivity index (χ2v) is 6.03. The summed E-state index contributed by atoms with van der Waals surface area (Å²) in [7, 11) is 1.71. The van der Waals surface area contributed by atoms with Crippen LogP contribution in [0, 0.1) is 5.92 Å². The van der Waals surface area contributed by atoms with Gasteiger partial charge in [0, 0.05) is 19.1 Å². The number of ether oxygens (including phenoxy) is 1. The zero-order valence-corrected chi connectivity index (χ0v) is 12.7. The number of carbonyl (C=O) groups is 1. The number of para-hydroxylation sites is 1. The molecule has 0 saturated carbocycles. The normalized spacial score (nSPS) is 25.3. The monoisotopic (exact) mass is 288 g/mol. The second kappa shape index (κ2) is 6.48. The van der Waals surface area contributed by atoms with Crippen LogP contribution in [0.25, 0.3) is 0 Å². The van der Waals surface area contributed by atoms with Crippen molar-refractivity contribution in [1.29, 1.82) is 0 Å². The summed E-state index contributed by atoms with van der Waals surface area (Å²) in [5, 5.41) is 3.29. The molecule has 2 fully saturated rings. The Morgan fingerprint density at radius 1 is 1.38 bits per heavy atom. The van der Waals surface area contributed by atoms with E-state index < -0.39 is 0 Å². The largest absolute Gasteiger partial charge is 0.496 e. The van der Waals surface area contributed by atoms with Gasteiger partial charge in [0.15, 0.2) is 0 Å². The smallest absolute Gasteiger partial charge is 0.227 e. The fourth-order valence-electron chi connectivity index (χ4n) is 3.56. The molecule has 114 valence electrons. The van der Waals surface area contributed by atoms with Gasteiger partial charge in [-0.25, -0.2) is 0 Å². The number of hydrogen-bond donors (Lipinski definition) is 1. The van der Waals surface area contributed by atoms with Crippen LogP contribution in [0.4, 0.5) is 0 Å². The number of likely N-dealkylation sites (tertiary alicyclic amines) is 1. The molecule has 4 heteroatoms. The summed E-state index contributed by atoms with van der Waals surface area (Å²) in [5.41, 5.74) is 1.20. The molecule has 0 aromatic heterocycles. The maximum absolute atomic E-state index is 12.7. The van der Waals surface area contributed by atoms with Gasteiger partial charge in [-0.05, 0) is 43.9 Å². The zero-order valence-electron chi connectivity index (χ0n) is 12.7. The third kappa shape index (κ3) is 3.05. The Balaban J connectivity index is 1.70. The van der Waals surface area contributed by atoms with E-state index in [0.29, 0.717) is 11.9 Å². The first-order valence-corrected chi connectivity index (χ1v) is 7.92. The highest BCUT2D eigenvalue weighted by atomic mass is 16.5. The molecule has 1 aromatic rings. The Morgan fingerprint density at radius 2 is 2.24 bits per heavy atom. The number of amides is 1. The number of methoxy groups -OCH3 is 1. The molecule has 2 heterocycles. The molecule has 2 atom stereocenters. The highest BCUT2D eigenvalue weighted by Gasteiger charge is 2.34. The van der Waals surface area contributed by atoms with Gasteiger partial charge in [-0.15, -0.1) is 0 Å². The molecular formula is C17H24N2O2. The van der Waals surface area contributed by atoms with Crippen molar-refractivity contribution in [1.82, 2.24) is 10.2 Å². The molecule has 2 unspecified atom stereocenters. The Bertz CT molecular complexity index is 497. The Labute approximate surface area is 126 Å². The Kier molecular flexibility index (Phi) is 4.44. The molecule has 0 radical (unpaired) electrons. The fourth-order valence-corrected chi connectivity index (χ4v) is 3.56. The van der Waals surface area contributed by atoms with Crippen molar-refractivity contribution in [3.63, 3.8) is 0 Å². The van der Waals surface area contributed by atoms with E-state index in [2.05, 4.69) is 16.3 Å². The van der Waals surface area contributed by atoms with E-state index >= 15 is 0 Å². The molecule has 1 N–H and O–H groups in total. The van der Waals surface area contributed by atoms with E-state index in [1.54, 1.807) is 7.11 Å². The molecule has 4 nitrogen and oxygen atoms in total. The number of nitrogens with one attached hydrogen (secondary N) is 1. The third-order valence-corrected chi connectivity index (χ3v) is 4.72. The van der Waals surface area contributed by atoms with Gasteiger partial charge in [0.05, 0.1) is 13.0 Å². The van der Waals surface area contributed by atoms with E-state index in [4.69, 9.17) is 4.74 Å². The standard InChI is InChI=1S/C17H24N2O2/c1-21-16-7-3-2-5-13(16)11-15-6-4-10-19(15)17(20)14-8-9-18-12-14/h2-3,5,7,14-15,18H,4,6,8-12H2,1H3. The zero-order chi connectivity index (χ0) is 14.7. The lowest BCUT2D eigenvalue weighted by Gasteiger charge is -2.27. The Morgan fingerprint density at radius 3 is 3.00 bits per heavy atom. The van der Waals surface area contributed by atoms with Crippen molar-refractivity contribution in [2.75, 3.05) is 26.7 Å². The van der Waals surface area contributed by atoms with E-state index in [1.807, 2.05) is 18.2 Å². The van der Waals surface area contributed by atoms with Gasteiger partial charge >= 0.3 is 0 Å². The SMILES string of the molecule is COc1ccccc1CC1CCCN1C(=O)C1CCNC1. The van der Waals surface area contributed by atoms with Crippen molar-refractivity contribution in [2.45, 2.75) is 31.7 Å². The molecule has 0 aliphatic carbocycles. The number of hydrogen-bond acceptors (Lipinski definition) is 3. The van der Waals surface area contributed by atoms with Crippen molar-refractivity contribution in [3.05, 3.63) is 29.8 Å². The van der Waals surface area contributed by atoms with Crippen LogP contribution < -0.4 is 10.1 Å². The summed E-state index contributed by atoms with van der Waals surface area (Å²) in [6, 6.07) is 8.47. The molecular weight excluding hydrogens is 264 g/mol. The predicted molar refractivity (Wildman–Crippen MR) is 82.4 cm³/mol. The molecule has 2 aliphatic heterocycles. The molecule has 1 aromatic carbocycles. The van der Waals surface area contributed by atoms with Crippen molar-refractivity contribution >= 4 is 5.91 Å². The molecule has 2 aliphatic rings. The number of carbonyl (C=O) groups excluding carboxylic acids is 1. The maximum Gasteiger partial charge on any atom is 0.227 e. The molecule has 1 amide bonds. The number of benzene rings is 1. The van der Waals surface area contributed by atoms with Crippen molar-refractivity contribution in [2.24, 2.45) is 5.92 Å². The number of nitrogens with zero attached hydrogens (tertiary/aromatic N) is 1. The third-order valence-electron chi connectivity index (χ3n) is 4.72. The van der Waals surface area contributed by atoms with Crippen LogP contribution in [0.5, 0.6) is 5.75 Å². The first kappa shape index (κ1) is 14.4. The van der Waals surface area contributed by atoms with Crippen LogP contribution >= 0.6 is 0 Å². The van der Waals surface area contributed by atoms with Crippen LogP contribution in [0.1, 0.15) is 24.8 Å². The Hall–Kier alpha value is -1.55. The van der Waals surface area contributed by atoms with E-state index in [-0.39, 0.29) is 5.92 Å². The molecule has 2 saturated heterocycles. The predicted octanol–water partition coefficient (Wildman–Crippen LogP) is 1.84. The summed E-state index contributed by atoms with van der Waals surface area (Å²) in [5.74, 6) is 1.46. The summed E-state index contributed by atoms with van der Waals surface area (Å²) in [6.45, 7) is 2.73. The van der Waals surface area contributed by atoms with Crippen LogP contribution in [0.2, 0.25) is 0 Å². The summed E-state index contributed by atoms with van der Waals surface area (Å²) in [6.07, 6.45) is 4.10. The van der Waals surface area contributed by atoms with E-state index in [0.717, 1.165) is 51.1 Å². The summed E-state index contributed by atoms with van der Waals surface area (Å²) >= 11 is 0. The van der Waals surface area contributed by atoms with Gasteiger partial charge in [-0.2, -0.15) is 0 Å². The van der Waals surface area contributed by atoms with Crippen molar-refractivity contribution < 1.29 is 9.53 Å². The first-order valence-electron chi connectivity index (χ1n) is 7.92. The summed E-state index contributed by atoms with van der Waals surface area (Å²) in [4.78, 5) is 14.8. The lowest BCUT2D eigenvalue weighted by Crippen LogP contribution is -2.41. The minimum Gasteiger partial charge on any atom is -0.496 e. The van der Waals surface area contributed by atoms with E-state index in [1.165, 1.54) is 5.56 Å². The molecule has 3 rings (SSSR count). The van der Waals surface area contributed by atoms with Crippen molar-refractivity contribution in [3.8, 4) is 5.75 Å². The van der Waals surface area contributed by atoms with Gasteiger partial charge in [-0.1, -0.05) is 18.2 Å². The van der Waals surface area contributed by atoms with Crippen LogP contribution in [0.15, 0.2) is 24.3 Å². The van der Waals surface area contributed by atoms with Crippen LogP contribution in [-0.4, -0.2) is 43.6 Å². The molecule has 21 heavy (non-hydrogen) atoms. The summed E-state index contributed by atoms with van der Waals surface area (Å²) < 4.78 is 5.44. The van der Waals surface area contributed by atoms with Gasteiger partial charge < -0.3 is 15.0 Å². The highest BCUT2D eigenvalue weighted by Crippen LogP contribution is 2.27. The van der Waals surface area contributed by atoms with Crippen LogP contribution in [-0.2, 0) is 11.2 Å². The quantitative estimate of drug-likeness (QED) is 0.919. The van der Waals surface area contributed by atoms with Gasteiger partial charge in [0.2, 0.25) is 5.91 Å². The molecule has 0 bridgehead atoms. The van der Waals surface area contributed by atoms with Crippen LogP contribution in [0.3, 0.4) is 0 Å². The second-order valence-electron chi connectivity index (χ2n) is 6.03. The number of rotatable bonds is 4. The minimum atomic E-state index is 0.184. The molecule has 0 spiro atoms. The lowest BCUT2D eigenvalue weighted by atomic mass is 10.0. The first-order chi connectivity index (χ1) is 10.3. The average Bonchev–Trinajstić information content (AvgIpc) is 3.18. The topological polar surface area (TPSA) is 41.6 Å². The van der Waals surface area contributed by atoms with Gasteiger partial charge in [0.1, 0.15) is 5.75 Å². The minimum absolute atomic E-state index is 0.184. The average molecular weight is 288 g/mol. The highest BCUT2D eigenvalue weighted by molar-refractivity contribution is 5.80. The van der Waals surface area contributed by atoms with Gasteiger partial charge in [0.25, 0.3) is 0 Å².